The number of halogens is 1. The summed E-state index contributed by atoms with van der Waals surface area (Å²) in [6, 6.07) is 7.93. The van der Waals surface area contributed by atoms with Gasteiger partial charge in [0.15, 0.2) is 5.03 Å². The first-order chi connectivity index (χ1) is 9.97. The fourth-order valence-electron chi connectivity index (χ4n) is 1.75. The highest BCUT2D eigenvalue weighted by Crippen LogP contribution is 2.30. The van der Waals surface area contributed by atoms with Crippen LogP contribution in [0.2, 0.25) is 5.02 Å². The third kappa shape index (κ3) is 3.37. The summed E-state index contributed by atoms with van der Waals surface area (Å²) in [6.07, 6.45) is 1.41. The standard InChI is InChI=1S/C13H14ClN3O3S/c1-15-10-4-3-7-16-13(10)21(18,19)17-11-8-9(14)5-6-12(11)20-2/h3-8,15,17H,1-2H3. The number of anilines is 2. The van der Waals surface area contributed by atoms with E-state index in [9.17, 15) is 8.42 Å². The van der Waals surface area contributed by atoms with Gasteiger partial charge in [0.1, 0.15) is 5.75 Å². The van der Waals surface area contributed by atoms with E-state index in [-0.39, 0.29) is 10.7 Å². The molecule has 8 heteroatoms. The zero-order valence-corrected chi connectivity index (χ0v) is 13.0. The normalized spacial score (nSPS) is 11.0. The molecule has 1 heterocycles. The van der Waals surface area contributed by atoms with Crippen LogP contribution >= 0.6 is 11.6 Å². The van der Waals surface area contributed by atoms with E-state index in [0.29, 0.717) is 16.5 Å². The molecule has 0 saturated heterocycles. The van der Waals surface area contributed by atoms with Crippen LogP contribution in [0.5, 0.6) is 5.75 Å². The second-order valence-corrected chi connectivity index (χ2v) is 6.09. The average Bonchev–Trinajstić information content (AvgIpc) is 2.47. The third-order valence-electron chi connectivity index (χ3n) is 2.70. The molecule has 1 aromatic heterocycles. The van der Waals surface area contributed by atoms with Crippen molar-refractivity contribution in [3.8, 4) is 5.75 Å². The molecule has 1 aromatic carbocycles. The molecule has 2 rings (SSSR count). The zero-order valence-electron chi connectivity index (χ0n) is 11.4. The minimum absolute atomic E-state index is 0.102. The number of benzene rings is 1. The smallest absolute Gasteiger partial charge is 0.281 e. The van der Waals surface area contributed by atoms with Crippen molar-refractivity contribution in [2.24, 2.45) is 0 Å². The van der Waals surface area contributed by atoms with Crippen LogP contribution in [0.1, 0.15) is 0 Å². The van der Waals surface area contributed by atoms with Crippen molar-refractivity contribution in [2.75, 3.05) is 24.2 Å². The van der Waals surface area contributed by atoms with E-state index in [1.807, 2.05) is 0 Å². The van der Waals surface area contributed by atoms with Crippen LogP contribution in [-0.2, 0) is 10.0 Å². The highest BCUT2D eigenvalue weighted by molar-refractivity contribution is 7.92. The van der Waals surface area contributed by atoms with Crippen molar-refractivity contribution in [2.45, 2.75) is 5.03 Å². The van der Waals surface area contributed by atoms with Gasteiger partial charge in [-0.15, -0.1) is 0 Å². The molecular weight excluding hydrogens is 314 g/mol. The Bertz CT molecular complexity index is 750. The number of nitrogens with zero attached hydrogens (tertiary/aromatic N) is 1. The Morgan fingerprint density at radius 3 is 2.67 bits per heavy atom. The van der Waals surface area contributed by atoms with Gasteiger partial charge in [-0.1, -0.05) is 11.6 Å². The Morgan fingerprint density at radius 1 is 1.24 bits per heavy atom. The minimum Gasteiger partial charge on any atom is -0.495 e. The molecule has 0 saturated carbocycles. The van der Waals surface area contributed by atoms with Gasteiger partial charge >= 0.3 is 0 Å². The quantitative estimate of drug-likeness (QED) is 0.882. The van der Waals surface area contributed by atoms with Crippen LogP contribution in [0.25, 0.3) is 0 Å². The van der Waals surface area contributed by atoms with E-state index >= 15 is 0 Å². The predicted molar refractivity (Wildman–Crippen MR) is 82.6 cm³/mol. The summed E-state index contributed by atoms with van der Waals surface area (Å²) in [4.78, 5) is 3.91. The lowest BCUT2D eigenvalue weighted by Gasteiger charge is -2.13. The molecule has 0 amide bonds. The number of aromatic nitrogens is 1. The van der Waals surface area contributed by atoms with Gasteiger partial charge in [0, 0.05) is 18.3 Å². The summed E-state index contributed by atoms with van der Waals surface area (Å²) in [5, 5.41) is 3.08. The topological polar surface area (TPSA) is 80.3 Å². The van der Waals surface area contributed by atoms with Crippen LogP contribution in [0.15, 0.2) is 41.6 Å². The van der Waals surface area contributed by atoms with Gasteiger partial charge in [0.2, 0.25) is 0 Å². The molecule has 21 heavy (non-hydrogen) atoms. The lowest BCUT2D eigenvalue weighted by atomic mass is 10.3. The van der Waals surface area contributed by atoms with Gasteiger partial charge in [0.05, 0.1) is 18.5 Å². The maximum Gasteiger partial charge on any atom is 0.281 e. The van der Waals surface area contributed by atoms with Crippen molar-refractivity contribution in [1.82, 2.24) is 4.98 Å². The number of rotatable bonds is 5. The Morgan fingerprint density at radius 2 is 2.00 bits per heavy atom. The van der Waals surface area contributed by atoms with Gasteiger partial charge in [-0.05, 0) is 30.3 Å². The Hall–Kier alpha value is -1.99. The van der Waals surface area contributed by atoms with Crippen LogP contribution in [-0.4, -0.2) is 27.6 Å². The molecular formula is C13H14ClN3O3S. The van der Waals surface area contributed by atoms with Gasteiger partial charge in [-0.3, -0.25) is 4.72 Å². The summed E-state index contributed by atoms with van der Waals surface area (Å²) in [5.74, 6) is 0.366. The predicted octanol–water partition coefficient (Wildman–Crippen LogP) is 2.59. The second kappa shape index (κ2) is 6.19. The van der Waals surface area contributed by atoms with Crippen LogP contribution in [0, 0.1) is 0 Å². The molecule has 6 nitrogen and oxygen atoms in total. The first-order valence-corrected chi connectivity index (χ1v) is 7.83. The van der Waals surface area contributed by atoms with Gasteiger partial charge < -0.3 is 10.1 Å². The number of sulfonamides is 1. The Labute approximate surface area is 128 Å². The summed E-state index contributed by atoms with van der Waals surface area (Å²) in [7, 11) is -0.801. The number of pyridine rings is 1. The maximum absolute atomic E-state index is 12.4. The molecule has 2 N–H and O–H groups in total. The zero-order chi connectivity index (χ0) is 15.5. The molecule has 0 aliphatic heterocycles. The van der Waals surface area contributed by atoms with E-state index in [0.717, 1.165) is 0 Å². The lowest BCUT2D eigenvalue weighted by molar-refractivity contribution is 0.417. The SMILES string of the molecule is CNc1cccnc1S(=O)(=O)Nc1cc(Cl)ccc1OC. The van der Waals surface area contributed by atoms with Crippen LogP contribution in [0.4, 0.5) is 11.4 Å². The fourth-order valence-corrected chi connectivity index (χ4v) is 3.13. The molecule has 0 radical (unpaired) electrons. The molecule has 0 aliphatic carbocycles. The van der Waals surface area contributed by atoms with E-state index in [4.69, 9.17) is 16.3 Å². The van der Waals surface area contributed by atoms with E-state index in [2.05, 4.69) is 15.0 Å². The van der Waals surface area contributed by atoms with E-state index in [1.54, 1.807) is 31.3 Å². The van der Waals surface area contributed by atoms with Gasteiger partial charge in [-0.25, -0.2) is 4.98 Å². The van der Waals surface area contributed by atoms with Crippen LogP contribution < -0.4 is 14.8 Å². The number of hydrogen-bond donors (Lipinski definition) is 2. The highest BCUT2D eigenvalue weighted by atomic mass is 35.5. The minimum atomic E-state index is -3.87. The summed E-state index contributed by atoms with van der Waals surface area (Å²) in [6.45, 7) is 0. The summed E-state index contributed by atoms with van der Waals surface area (Å²) >= 11 is 5.89. The monoisotopic (exact) mass is 327 g/mol. The molecule has 0 unspecified atom stereocenters. The number of ether oxygens (including phenoxy) is 1. The van der Waals surface area contributed by atoms with E-state index < -0.39 is 10.0 Å². The van der Waals surface area contributed by atoms with Gasteiger partial charge in [-0.2, -0.15) is 8.42 Å². The first-order valence-electron chi connectivity index (χ1n) is 5.97. The molecule has 0 bridgehead atoms. The molecule has 0 spiro atoms. The van der Waals surface area contributed by atoms with Crippen molar-refractivity contribution >= 4 is 33.0 Å². The first kappa shape index (κ1) is 15.4. The van der Waals surface area contributed by atoms with E-state index in [1.165, 1.54) is 19.4 Å². The average molecular weight is 328 g/mol. The molecule has 0 fully saturated rings. The second-order valence-electron chi connectivity index (χ2n) is 4.06. The molecule has 0 atom stereocenters. The fraction of sp³-hybridized carbons (Fsp3) is 0.154. The highest BCUT2D eigenvalue weighted by Gasteiger charge is 2.21. The number of nitrogens with one attached hydrogen (secondary N) is 2. The maximum atomic E-state index is 12.4. The Balaban J connectivity index is 2.45. The number of hydrogen-bond acceptors (Lipinski definition) is 5. The van der Waals surface area contributed by atoms with Crippen molar-refractivity contribution in [1.29, 1.82) is 0 Å². The third-order valence-corrected chi connectivity index (χ3v) is 4.26. The number of methoxy groups -OCH3 is 1. The van der Waals surface area contributed by atoms with Crippen molar-refractivity contribution in [3.63, 3.8) is 0 Å². The molecule has 2 aromatic rings. The molecule has 112 valence electrons. The molecule has 0 aliphatic rings. The summed E-state index contributed by atoms with van der Waals surface area (Å²) < 4.78 is 32.4. The largest absolute Gasteiger partial charge is 0.495 e. The lowest BCUT2D eigenvalue weighted by Crippen LogP contribution is -2.16. The van der Waals surface area contributed by atoms with Crippen molar-refractivity contribution < 1.29 is 13.2 Å². The Kier molecular flexibility index (Phi) is 4.54. The van der Waals surface area contributed by atoms with Crippen LogP contribution in [0.3, 0.4) is 0 Å². The summed E-state index contributed by atoms with van der Waals surface area (Å²) in [5.41, 5.74) is 0.642. The van der Waals surface area contributed by atoms with Crippen molar-refractivity contribution in [3.05, 3.63) is 41.6 Å². The van der Waals surface area contributed by atoms with Gasteiger partial charge in [0.25, 0.3) is 10.0 Å².